The highest BCUT2D eigenvalue weighted by molar-refractivity contribution is 14.0. The molecule has 2 aromatic rings. The van der Waals surface area contributed by atoms with Crippen molar-refractivity contribution < 1.29 is 4.74 Å². The smallest absolute Gasteiger partial charge is 0.189 e. The van der Waals surface area contributed by atoms with Gasteiger partial charge in [-0.1, -0.05) is 53.5 Å². The molecule has 5 nitrogen and oxygen atoms in total. The summed E-state index contributed by atoms with van der Waals surface area (Å²) in [6.45, 7) is 7.08. The van der Waals surface area contributed by atoms with E-state index in [1.54, 1.807) is 6.07 Å². The van der Waals surface area contributed by atoms with E-state index in [2.05, 4.69) is 39.5 Å². The molecular weight excluding hydrogens is 522 g/mol. The highest BCUT2D eigenvalue weighted by Crippen LogP contribution is 2.25. The minimum atomic E-state index is -0.0654. The van der Waals surface area contributed by atoms with E-state index in [1.807, 2.05) is 19.1 Å². The first kappa shape index (κ1) is 24.2. The van der Waals surface area contributed by atoms with E-state index in [4.69, 9.17) is 33.7 Å². The van der Waals surface area contributed by atoms with Crippen LogP contribution < -0.4 is 11.1 Å². The maximum absolute atomic E-state index is 6.25. The molecule has 29 heavy (non-hydrogen) atoms. The highest BCUT2D eigenvalue weighted by Gasteiger charge is 2.11. The van der Waals surface area contributed by atoms with Crippen molar-refractivity contribution in [1.29, 1.82) is 0 Å². The SMILES string of the molecule is CC(NC(N)=NCc1ccc(CN2CCOCC2)cc1)c1ccc(Cl)cc1Cl.I. The fraction of sp³-hybridized carbons (Fsp3) is 0.381. The van der Waals surface area contributed by atoms with Crippen LogP contribution in [0.5, 0.6) is 0 Å². The number of nitrogens with two attached hydrogens (primary N) is 1. The lowest BCUT2D eigenvalue weighted by molar-refractivity contribution is 0.0342. The molecule has 1 atom stereocenters. The van der Waals surface area contributed by atoms with Crippen LogP contribution in [0.2, 0.25) is 10.0 Å². The van der Waals surface area contributed by atoms with Crippen molar-refractivity contribution in [3.05, 3.63) is 69.2 Å². The van der Waals surface area contributed by atoms with Crippen LogP contribution in [0.15, 0.2) is 47.5 Å². The summed E-state index contributed by atoms with van der Waals surface area (Å²) in [7, 11) is 0. The topological polar surface area (TPSA) is 62.9 Å². The Bertz CT molecular complexity index is 811. The molecule has 1 unspecified atom stereocenters. The normalized spacial score (nSPS) is 16.2. The monoisotopic (exact) mass is 548 g/mol. The Labute approximate surface area is 199 Å². The molecule has 3 N–H and O–H groups in total. The van der Waals surface area contributed by atoms with Gasteiger partial charge in [0.1, 0.15) is 0 Å². The zero-order valence-corrected chi connectivity index (χ0v) is 20.2. The fourth-order valence-electron chi connectivity index (χ4n) is 3.14. The van der Waals surface area contributed by atoms with Gasteiger partial charge in [-0.05, 0) is 35.7 Å². The molecule has 3 rings (SSSR count). The van der Waals surface area contributed by atoms with E-state index >= 15 is 0 Å². The Balaban J connectivity index is 0.00000300. The molecule has 0 amide bonds. The summed E-state index contributed by atoms with van der Waals surface area (Å²) in [5.41, 5.74) is 9.39. The molecule has 0 bridgehead atoms. The molecule has 1 saturated heterocycles. The summed E-state index contributed by atoms with van der Waals surface area (Å²) in [6, 6.07) is 13.9. The maximum atomic E-state index is 6.25. The van der Waals surface area contributed by atoms with Gasteiger partial charge in [0.2, 0.25) is 0 Å². The number of benzene rings is 2. The first-order valence-corrected chi connectivity index (χ1v) is 10.2. The van der Waals surface area contributed by atoms with Gasteiger partial charge < -0.3 is 15.8 Å². The average molecular weight is 549 g/mol. The van der Waals surface area contributed by atoms with Crippen molar-refractivity contribution in [2.24, 2.45) is 10.7 Å². The molecule has 1 aliphatic heterocycles. The van der Waals surface area contributed by atoms with Crippen LogP contribution in [0.3, 0.4) is 0 Å². The summed E-state index contributed by atoms with van der Waals surface area (Å²) in [6.07, 6.45) is 0. The van der Waals surface area contributed by atoms with Crippen molar-refractivity contribution in [2.45, 2.75) is 26.1 Å². The second-order valence-electron chi connectivity index (χ2n) is 6.94. The number of guanidine groups is 1. The van der Waals surface area contributed by atoms with Gasteiger partial charge in [0.15, 0.2) is 5.96 Å². The Morgan fingerprint density at radius 2 is 1.79 bits per heavy atom. The zero-order valence-electron chi connectivity index (χ0n) is 16.4. The van der Waals surface area contributed by atoms with Gasteiger partial charge in [0, 0.05) is 29.7 Å². The minimum absolute atomic E-state index is 0. The van der Waals surface area contributed by atoms with Gasteiger partial charge in [-0.3, -0.25) is 4.90 Å². The van der Waals surface area contributed by atoms with Gasteiger partial charge in [-0.2, -0.15) is 0 Å². The lowest BCUT2D eigenvalue weighted by Crippen LogP contribution is -2.35. The van der Waals surface area contributed by atoms with Crippen LogP contribution in [0, 0.1) is 0 Å². The average Bonchev–Trinajstić information content (AvgIpc) is 2.68. The Kier molecular flexibility index (Phi) is 9.98. The number of nitrogens with zero attached hydrogens (tertiary/aromatic N) is 2. The summed E-state index contributed by atoms with van der Waals surface area (Å²) in [5.74, 6) is 0.385. The zero-order chi connectivity index (χ0) is 19.9. The summed E-state index contributed by atoms with van der Waals surface area (Å²) in [4.78, 5) is 6.84. The molecule has 0 aliphatic carbocycles. The maximum Gasteiger partial charge on any atom is 0.189 e. The number of morpholine rings is 1. The number of hydrogen-bond donors (Lipinski definition) is 2. The van der Waals surface area contributed by atoms with Crippen molar-refractivity contribution in [3.63, 3.8) is 0 Å². The summed E-state index contributed by atoms with van der Waals surface area (Å²) in [5, 5.41) is 4.39. The van der Waals surface area contributed by atoms with Crippen LogP contribution in [-0.4, -0.2) is 37.2 Å². The van der Waals surface area contributed by atoms with Crippen molar-refractivity contribution in [2.75, 3.05) is 26.3 Å². The third-order valence-corrected chi connectivity index (χ3v) is 5.32. The van der Waals surface area contributed by atoms with Gasteiger partial charge in [0.25, 0.3) is 0 Å². The third-order valence-electron chi connectivity index (χ3n) is 4.76. The van der Waals surface area contributed by atoms with Gasteiger partial charge in [-0.15, -0.1) is 24.0 Å². The predicted molar refractivity (Wildman–Crippen MR) is 131 cm³/mol. The number of rotatable bonds is 6. The van der Waals surface area contributed by atoms with Crippen molar-refractivity contribution in [1.82, 2.24) is 10.2 Å². The molecule has 0 spiro atoms. The van der Waals surface area contributed by atoms with E-state index in [1.165, 1.54) is 5.56 Å². The second-order valence-corrected chi connectivity index (χ2v) is 7.78. The third kappa shape index (κ3) is 7.61. The van der Waals surface area contributed by atoms with Crippen LogP contribution in [0.4, 0.5) is 0 Å². The van der Waals surface area contributed by atoms with E-state index in [9.17, 15) is 0 Å². The van der Waals surface area contributed by atoms with Crippen LogP contribution in [0.1, 0.15) is 29.7 Å². The molecule has 2 aromatic carbocycles. The molecule has 1 fully saturated rings. The molecular formula is C21H27Cl2IN4O. The molecule has 0 aromatic heterocycles. The van der Waals surface area contributed by atoms with E-state index in [0.29, 0.717) is 22.5 Å². The molecule has 0 radical (unpaired) electrons. The summed E-state index contributed by atoms with van der Waals surface area (Å²) >= 11 is 12.2. The first-order valence-electron chi connectivity index (χ1n) is 9.40. The van der Waals surface area contributed by atoms with E-state index < -0.39 is 0 Å². The number of halogens is 3. The molecule has 158 valence electrons. The standard InChI is InChI=1S/C21H26Cl2N4O.HI/c1-15(19-7-6-18(22)12-20(19)23)26-21(24)25-13-16-2-4-17(5-3-16)14-27-8-10-28-11-9-27;/h2-7,12,15H,8-11,13-14H2,1H3,(H3,24,25,26);1H. The molecule has 1 aliphatic rings. The number of ether oxygens (including phenoxy) is 1. The molecule has 0 saturated carbocycles. The lowest BCUT2D eigenvalue weighted by Gasteiger charge is -2.26. The van der Waals surface area contributed by atoms with Gasteiger partial charge >= 0.3 is 0 Å². The van der Waals surface area contributed by atoms with Gasteiger partial charge in [0.05, 0.1) is 25.8 Å². The predicted octanol–water partition coefficient (Wildman–Crippen LogP) is 4.61. The van der Waals surface area contributed by atoms with Crippen molar-refractivity contribution in [3.8, 4) is 0 Å². The quantitative estimate of drug-likeness (QED) is 0.314. The Hall–Kier alpha value is -1.06. The highest BCUT2D eigenvalue weighted by atomic mass is 127. The van der Waals surface area contributed by atoms with Crippen LogP contribution in [-0.2, 0) is 17.8 Å². The van der Waals surface area contributed by atoms with Gasteiger partial charge in [-0.25, -0.2) is 4.99 Å². The lowest BCUT2D eigenvalue weighted by atomic mass is 10.1. The Morgan fingerprint density at radius 3 is 2.45 bits per heavy atom. The molecule has 8 heteroatoms. The first-order chi connectivity index (χ1) is 13.5. The molecule has 1 heterocycles. The van der Waals surface area contributed by atoms with Crippen LogP contribution >= 0.6 is 47.2 Å². The number of hydrogen-bond acceptors (Lipinski definition) is 3. The number of aliphatic imine (C=N–C) groups is 1. The second kappa shape index (κ2) is 12.0. The van der Waals surface area contributed by atoms with E-state index in [0.717, 1.165) is 44.0 Å². The van der Waals surface area contributed by atoms with Crippen molar-refractivity contribution >= 4 is 53.1 Å². The largest absolute Gasteiger partial charge is 0.379 e. The van der Waals surface area contributed by atoms with E-state index in [-0.39, 0.29) is 30.0 Å². The fourth-order valence-corrected chi connectivity index (χ4v) is 3.71. The minimum Gasteiger partial charge on any atom is -0.379 e. The number of nitrogens with one attached hydrogen (secondary N) is 1. The van der Waals surface area contributed by atoms with Crippen LogP contribution in [0.25, 0.3) is 0 Å². The summed E-state index contributed by atoms with van der Waals surface area (Å²) < 4.78 is 5.39. The Morgan fingerprint density at radius 1 is 1.14 bits per heavy atom.